The number of hydrogen-bond donors (Lipinski definition) is 2. The smallest absolute Gasteiger partial charge is 0.407 e. The highest BCUT2D eigenvalue weighted by Gasteiger charge is 2.15. The van der Waals surface area contributed by atoms with Gasteiger partial charge in [-0.05, 0) is 20.8 Å². The van der Waals surface area contributed by atoms with Gasteiger partial charge in [0, 0.05) is 6.54 Å². The highest BCUT2D eigenvalue weighted by Crippen LogP contribution is 2.06. The Hall–Kier alpha value is -1.69. The summed E-state index contributed by atoms with van der Waals surface area (Å²) in [5, 5.41) is 11.2. The van der Waals surface area contributed by atoms with Crippen molar-refractivity contribution >= 4 is 6.09 Å². The molecule has 0 rings (SSSR count). The van der Waals surface area contributed by atoms with Crippen LogP contribution in [0.15, 0.2) is 0 Å². The molecule has 0 aromatic carbocycles. The Kier molecular flexibility index (Phi) is 68.3. The molecule has 0 radical (unpaired) electrons. The monoisotopic (exact) mass is 1170 g/mol. The lowest BCUT2D eigenvalue weighted by molar-refractivity contribution is -0.0319. The standard InChI is InChI=1S/C53H107NO26/c1-53(2,3)80-52(56)54-4-6-57-8-10-59-12-14-61-16-18-63-20-22-65-24-26-67-28-30-69-32-34-71-36-38-73-40-42-75-44-46-77-48-50-79-51-49-78-47-45-76-43-41-74-39-37-72-35-33-70-31-29-68-27-25-66-23-21-64-19-17-62-15-13-60-11-9-58-7-5-55/h55H,4-51H2,1-3H3,(H,54,56). The minimum atomic E-state index is -0.521. The van der Waals surface area contributed by atoms with Gasteiger partial charge in [-0.1, -0.05) is 0 Å². The summed E-state index contributed by atoms with van der Waals surface area (Å²) in [5.41, 5.74) is -0.521. The molecule has 0 aliphatic carbocycles. The molecule has 0 atom stereocenters. The third-order valence-electron chi connectivity index (χ3n) is 9.33. The molecule has 0 aliphatic heterocycles. The summed E-state index contributed by atoms with van der Waals surface area (Å²) < 4.78 is 131. The van der Waals surface area contributed by atoms with Gasteiger partial charge in [-0.15, -0.1) is 0 Å². The van der Waals surface area contributed by atoms with Crippen molar-refractivity contribution in [3.63, 3.8) is 0 Å². The molecular weight excluding hydrogens is 1070 g/mol. The average molecular weight is 1170 g/mol. The van der Waals surface area contributed by atoms with Crippen LogP contribution < -0.4 is 5.32 Å². The summed E-state index contributed by atoms with van der Waals surface area (Å²) in [4.78, 5) is 11.5. The second-order valence-corrected chi connectivity index (χ2v) is 17.2. The van der Waals surface area contributed by atoms with E-state index in [2.05, 4.69) is 5.32 Å². The zero-order valence-electron chi connectivity index (χ0n) is 49.1. The molecule has 0 fully saturated rings. The topological polar surface area (TPSA) is 271 Å². The van der Waals surface area contributed by atoms with Crippen molar-refractivity contribution in [1.29, 1.82) is 0 Å². The summed E-state index contributed by atoms with van der Waals surface area (Å²) in [6.45, 7) is 27.7. The zero-order valence-corrected chi connectivity index (χ0v) is 49.1. The van der Waals surface area contributed by atoms with Gasteiger partial charge in [0.15, 0.2) is 0 Å². The number of amides is 1. The Bertz CT molecular complexity index is 1160. The Morgan fingerprint density at radius 1 is 0.237 bits per heavy atom. The molecule has 80 heavy (non-hydrogen) atoms. The van der Waals surface area contributed by atoms with Crippen LogP contribution in [0.4, 0.5) is 4.79 Å². The van der Waals surface area contributed by atoms with Crippen LogP contribution in [0.25, 0.3) is 0 Å². The second-order valence-electron chi connectivity index (χ2n) is 17.2. The van der Waals surface area contributed by atoms with E-state index in [1.54, 1.807) is 0 Å². The number of nitrogens with one attached hydrogen (secondary N) is 1. The molecular formula is C53H107NO26. The molecule has 0 aromatic heterocycles. The molecule has 27 nitrogen and oxygen atoms in total. The normalized spacial score (nSPS) is 11.8. The highest BCUT2D eigenvalue weighted by molar-refractivity contribution is 5.67. The van der Waals surface area contributed by atoms with Crippen molar-refractivity contribution in [3.05, 3.63) is 0 Å². The Labute approximate surface area is 477 Å². The summed E-state index contributed by atoms with van der Waals surface area (Å²) in [7, 11) is 0. The average Bonchev–Trinajstić information content (AvgIpc) is 3.44. The van der Waals surface area contributed by atoms with E-state index in [-0.39, 0.29) is 6.61 Å². The van der Waals surface area contributed by atoms with E-state index in [0.717, 1.165) is 0 Å². The number of ether oxygens (including phenoxy) is 24. The Morgan fingerprint density at radius 2 is 0.362 bits per heavy atom. The van der Waals surface area contributed by atoms with E-state index in [1.807, 2.05) is 20.8 Å². The van der Waals surface area contributed by atoms with Crippen molar-refractivity contribution < 1.29 is 124 Å². The first-order chi connectivity index (χ1) is 39.5. The van der Waals surface area contributed by atoms with E-state index in [1.165, 1.54) is 0 Å². The molecule has 0 heterocycles. The highest BCUT2D eigenvalue weighted by atomic mass is 16.6. The fourth-order valence-corrected chi connectivity index (χ4v) is 5.54. The number of rotatable bonds is 71. The van der Waals surface area contributed by atoms with E-state index >= 15 is 0 Å². The van der Waals surface area contributed by atoms with Gasteiger partial charge in [0.05, 0.1) is 311 Å². The van der Waals surface area contributed by atoms with Gasteiger partial charge >= 0.3 is 6.09 Å². The van der Waals surface area contributed by atoms with Crippen LogP contribution in [0.3, 0.4) is 0 Å². The van der Waals surface area contributed by atoms with Gasteiger partial charge in [0.25, 0.3) is 0 Å². The number of alkyl carbamates (subject to hydrolysis) is 1. The van der Waals surface area contributed by atoms with Gasteiger partial charge in [-0.25, -0.2) is 4.79 Å². The summed E-state index contributed by atoms with van der Waals surface area (Å²) in [5.74, 6) is 0. The van der Waals surface area contributed by atoms with Crippen LogP contribution in [-0.2, 0) is 114 Å². The molecule has 0 saturated heterocycles. The summed E-state index contributed by atoms with van der Waals surface area (Å²) in [6, 6.07) is 0. The number of carbonyl (C=O) groups excluding carboxylic acids is 1. The van der Waals surface area contributed by atoms with E-state index in [4.69, 9.17) is 119 Å². The van der Waals surface area contributed by atoms with Crippen molar-refractivity contribution in [2.45, 2.75) is 26.4 Å². The molecule has 2 N–H and O–H groups in total. The Morgan fingerprint density at radius 3 is 0.487 bits per heavy atom. The lowest BCUT2D eigenvalue weighted by Crippen LogP contribution is -2.34. The van der Waals surface area contributed by atoms with Gasteiger partial charge in [-0.3, -0.25) is 0 Å². The third-order valence-corrected chi connectivity index (χ3v) is 9.33. The van der Waals surface area contributed by atoms with Crippen LogP contribution in [0.1, 0.15) is 20.8 Å². The van der Waals surface area contributed by atoms with E-state index in [9.17, 15) is 4.79 Å². The van der Waals surface area contributed by atoms with Gasteiger partial charge in [0.2, 0.25) is 0 Å². The number of aliphatic hydroxyl groups is 1. The van der Waals surface area contributed by atoms with E-state index in [0.29, 0.717) is 310 Å². The van der Waals surface area contributed by atoms with Crippen molar-refractivity contribution in [2.75, 3.05) is 317 Å². The lowest BCUT2D eigenvalue weighted by atomic mass is 10.2. The summed E-state index contributed by atoms with van der Waals surface area (Å²) in [6.07, 6.45) is -0.458. The van der Waals surface area contributed by atoms with Crippen LogP contribution in [-0.4, -0.2) is 334 Å². The Balaban J connectivity index is 3.10. The van der Waals surface area contributed by atoms with Crippen LogP contribution in [0.5, 0.6) is 0 Å². The molecule has 0 unspecified atom stereocenters. The molecule has 0 bridgehead atoms. The second kappa shape index (κ2) is 69.8. The van der Waals surface area contributed by atoms with Gasteiger partial charge in [0.1, 0.15) is 5.60 Å². The predicted octanol–water partition coefficient (Wildman–Crippen LogP) is 0.885. The number of carbonyl (C=O) groups is 1. The fraction of sp³-hybridized carbons (Fsp3) is 0.981. The van der Waals surface area contributed by atoms with Crippen molar-refractivity contribution in [2.24, 2.45) is 0 Å². The maximum atomic E-state index is 11.5. The lowest BCUT2D eigenvalue weighted by Gasteiger charge is -2.19. The van der Waals surface area contributed by atoms with Crippen molar-refractivity contribution in [3.8, 4) is 0 Å². The maximum Gasteiger partial charge on any atom is 0.407 e. The quantitative estimate of drug-likeness (QED) is 0.0801. The first-order valence-electron chi connectivity index (χ1n) is 28.3. The fourth-order valence-electron chi connectivity index (χ4n) is 5.54. The third kappa shape index (κ3) is 74.3. The summed E-state index contributed by atoms with van der Waals surface area (Å²) >= 11 is 0. The van der Waals surface area contributed by atoms with Gasteiger partial charge in [-0.2, -0.15) is 0 Å². The zero-order chi connectivity index (χ0) is 57.7. The van der Waals surface area contributed by atoms with Crippen molar-refractivity contribution in [1.82, 2.24) is 5.32 Å². The molecule has 0 aromatic rings. The minimum absolute atomic E-state index is 0.0171. The molecule has 27 heteroatoms. The van der Waals surface area contributed by atoms with E-state index < -0.39 is 11.7 Å². The largest absolute Gasteiger partial charge is 0.444 e. The molecule has 1 amide bonds. The molecule has 0 aliphatic rings. The molecule has 0 spiro atoms. The minimum Gasteiger partial charge on any atom is -0.444 e. The SMILES string of the molecule is CC(C)(C)OC(=O)NCCOCCOCCOCCOCCOCCOCCOCCOCCOCCOCCOCCOCCOCCOCCOCCOCCOCCOCCOCCOCCOCCOCCOCCO. The van der Waals surface area contributed by atoms with Crippen LogP contribution in [0, 0.1) is 0 Å². The molecule has 0 saturated carbocycles. The van der Waals surface area contributed by atoms with Gasteiger partial charge < -0.3 is 124 Å². The van der Waals surface area contributed by atoms with Crippen LogP contribution >= 0.6 is 0 Å². The first-order valence-corrected chi connectivity index (χ1v) is 28.3. The number of hydrogen-bond acceptors (Lipinski definition) is 26. The first kappa shape index (κ1) is 78.3. The van der Waals surface area contributed by atoms with Crippen LogP contribution in [0.2, 0.25) is 0 Å². The predicted molar refractivity (Wildman–Crippen MR) is 290 cm³/mol. The molecule has 480 valence electrons. The maximum absolute atomic E-state index is 11.5. The number of aliphatic hydroxyl groups excluding tert-OH is 1.